The largest absolute Gasteiger partial charge is 0.396 e. The number of hydrogen-bond acceptors (Lipinski definition) is 2. The number of rotatable bonds is 2. The van der Waals surface area contributed by atoms with Gasteiger partial charge in [-0.3, -0.25) is 0 Å². The average Bonchev–Trinajstić information content (AvgIpc) is 2.04. The van der Waals surface area contributed by atoms with Gasteiger partial charge in [0, 0.05) is 19.1 Å². The molecule has 0 aromatic carbocycles. The topological polar surface area (TPSA) is 40.5 Å². The molecule has 0 radical (unpaired) electrons. The van der Waals surface area contributed by atoms with Crippen molar-refractivity contribution in [1.82, 2.24) is 0 Å². The molecule has 2 nitrogen and oxygen atoms in total. The first-order valence-electron chi connectivity index (χ1n) is 3.77. The molecule has 2 N–H and O–H groups in total. The van der Waals surface area contributed by atoms with E-state index >= 15 is 0 Å². The first-order chi connectivity index (χ1) is 4.88. The molecular weight excluding hydrogens is 128 g/mol. The Hall–Kier alpha value is -0.340. The summed E-state index contributed by atoms with van der Waals surface area (Å²) >= 11 is 0. The fourth-order valence-corrected chi connectivity index (χ4v) is 1.39. The van der Waals surface area contributed by atoms with Crippen LogP contribution in [0.1, 0.15) is 12.8 Å². The van der Waals surface area contributed by atoms with E-state index < -0.39 is 0 Å². The molecule has 1 rings (SSSR count). The van der Waals surface area contributed by atoms with Crippen LogP contribution >= 0.6 is 0 Å². The minimum atomic E-state index is 0.168. The molecule has 0 unspecified atom stereocenters. The van der Waals surface area contributed by atoms with Gasteiger partial charge in [0.25, 0.3) is 0 Å². The lowest BCUT2D eigenvalue weighted by molar-refractivity contribution is 0.135. The highest BCUT2D eigenvalue weighted by atomic mass is 16.3. The first-order valence-corrected chi connectivity index (χ1v) is 3.77. The lowest BCUT2D eigenvalue weighted by atomic mass is 9.85. The fourth-order valence-electron chi connectivity index (χ4n) is 1.39. The predicted octanol–water partition coefficient (Wildman–Crippen LogP) is 0.553. The van der Waals surface area contributed by atoms with Gasteiger partial charge in [0.05, 0.1) is 0 Å². The number of allylic oxidation sites excluding steroid dienone is 1. The smallest absolute Gasteiger partial charge is 0.0497 e. The van der Waals surface area contributed by atoms with Crippen LogP contribution in [0.3, 0.4) is 0 Å². The molecule has 2 atom stereocenters. The van der Waals surface area contributed by atoms with Crippen molar-refractivity contribution in [2.75, 3.05) is 13.2 Å². The van der Waals surface area contributed by atoms with Crippen LogP contribution in [0.25, 0.3) is 0 Å². The van der Waals surface area contributed by atoms with Gasteiger partial charge in [-0.2, -0.15) is 0 Å². The molecular formula is C8H14O2. The van der Waals surface area contributed by atoms with Gasteiger partial charge in [0.1, 0.15) is 0 Å². The normalized spacial score (nSPS) is 32.6. The van der Waals surface area contributed by atoms with Crippen molar-refractivity contribution in [3.63, 3.8) is 0 Å². The Labute approximate surface area is 61.2 Å². The summed E-state index contributed by atoms with van der Waals surface area (Å²) in [6.45, 7) is 0.372. The predicted molar refractivity (Wildman–Crippen MR) is 39.5 cm³/mol. The molecule has 0 spiro atoms. The van der Waals surface area contributed by atoms with Gasteiger partial charge in [-0.15, -0.1) is 0 Å². The van der Waals surface area contributed by atoms with E-state index in [2.05, 4.69) is 6.08 Å². The Balaban J connectivity index is 2.47. The maximum absolute atomic E-state index is 8.85. The quantitative estimate of drug-likeness (QED) is 0.553. The number of aliphatic hydroxyl groups is 2. The Morgan fingerprint density at radius 3 is 2.60 bits per heavy atom. The second kappa shape index (κ2) is 3.74. The van der Waals surface area contributed by atoms with Gasteiger partial charge in [-0.05, 0) is 18.8 Å². The summed E-state index contributed by atoms with van der Waals surface area (Å²) in [5, 5.41) is 17.7. The standard InChI is InChI=1S/C8H14O2/c9-5-7-3-1-2-4-8(7)6-10/h1,3,7-10H,2,4-6H2/t7-,8-/m0/s1. The second-order valence-corrected chi connectivity index (χ2v) is 2.79. The molecule has 0 amide bonds. The maximum atomic E-state index is 8.85. The zero-order valence-corrected chi connectivity index (χ0v) is 6.03. The van der Waals surface area contributed by atoms with E-state index in [1.54, 1.807) is 0 Å². The highest BCUT2D eigenvalue weighted by molar-refractivity contribution is 4.96. The lowest BCUT2D eigenvalue weighted by Gasteiger charge is -2.23. The van der Waals surface area contributed by atoms with Crippen LogP contribution in [0, 0.1) is 11.8 Å². The van der Waals surface area contributed by atoms with Gasteiger partial charge >= 0.3 is 0 Å². The van der Waals surface area contributed by atoms with E-state index in [0.29, 0.717) is 0 Å². The summed E-state index contributed by atoms with van der Waals surface area (Å²) < 4.78 is 0. The Morgan fingerprint density at radius 2 is 2.10 bits per heavy atom. The van der Waals surface area contributed by atoms with E-state index in [1.807, 2.05) is 6.08 Å². The van der Waals surface area contributed by atoms with Crippen molar-refractivity contribution >= 4 is 0 Å². The second-order valence-electron chi connectivity index (χ2n) is 2.79. The van der Waals surface area contributed by atoms with Crippen molar-refractivity contribution in [2.24, 2.45) is 11.8 Å². The van der Waals surface area contributed by atoms with Crippen LogP contribution in [0.5, 0.6) is 0 Å². The molecule has 10 heavy (non-hydrogen) atoms. The zero-order chi connectivity index (χ0) is 7.40. The highest BCUT2D eigenvalue weighted by Gasteiger charge is 2.19. The molecule has 1 aliphatic carbocycles. The average molecular weight is 142 g/mol. The van der Waals surface area contributed by atoms with Gasteiger partial charge in [-0.1, -0.05) is 12.2 Å². The first kappa shape index (κ1) is 7.76. The highest BCUT2D eigenvalue weighted by Crippen LogP contribution is 2.23. The SMILES string of the molecule is OC[C@@H]1CCC=C[C@H]1CO. The fraction of sp³-hybridized carbons (Fsp3) is 0.750. The molecule has 0 aromatic rings. The summed E-state index contributed by atoms with van der Waals surface area (Å²) in [5.74, 6) is 0.480. The van der Waals surface area contributed by atoms with Crippen LogP contribution in [0.4, 0.5) is 0 Å². The van der Waals surface area contributed by atoms with E-state index in [1.165, 1.54) is 0 Å². The molecule has 1 aliphatic rings. The van der Waals surface area contributed by atoms with Crippen molar-refractivity contribution in [3.05, 3.63) is 12.2 Å². The number of aliphatic hydroxyl groups excluding tert-OH is 2. The van der Waals surface area contributed by atoms with Crippen molar-refractivity contribution < 1.29 is 10.2 Å². The molecule has 2 heteroatoms. The Kier molecular flexibility index (Phi) is 2.90. The van der Waals surface area contributed by atoms with E-state index in [9.17, 15) is 0 Å². The summed E-state index contributed by atoms with van der Waals surface area (Å²) in [4.78, 5) is 0. The Morgan fingerprint density at radius 1 is 1.30 bits per heavy atom. The van der Waals surface area contributed by atoms with Crippen molar-refractivity contribution in [1.29, 1.82) is 0 Å². The molecule has 58 valence electrons. The van der Waals surface area contributed by atoms with Crippen LogP contribution in [0.15, 0.2) is 12.2 Å². The van der Waals surface area contributed by atoms with Crippen molar-refractivity contribution in [2.45, 2.75) is 12.8 Å². The molecule has 0 heterocycles. The van der Waals surface area contributed by atoms with Crippen LogP contribution < -0.4 is 0 Å². The molecule has 0 saturated carbocycles. The van der Waals surface area contributed by atoms with Gasteiger partial charge in [0.15, 0.2) is 0 Å². The van der Waals surface area contributed by atoms with Gasteiger partial charge in [-0.25, -0.2) is 0 Å². The minimum absolute atomic E-state index is 0.168. The third kappa shape index (κ3) is 1.58. The monoisotopic (exact) mass is 142 g/mol. The lowest BCUT2D eigenvalue weighted by Crippen LogP contribution is -2.22. The Bertz CT molecular complexity index is 120. The third-order valence-electron chi connectivity index (χ3n) is 2.14. The van der Waals surface area contributed by atoms with E-state index in [0.717, 1.165) is 12.8 Å². The maximum Gasteiger partial charge on any atom is 0.0497 e. The summed E-state index contributed by atoms with van der Waals surface area (Å²) in [7, 11) is 0. The summed E-state index contributed by atoms with van der Waals surface area (Å²) in [6.07, 6.45) is 6.14. The molecule has 0 aromatic heterocycles. The van der Waals surface area contributed by atoms with E-state index in [4.69, 9.17) is 10.2 Å². The molecule has 0 aliphatic heterocycles. The van der Waals surface area contributed by atoms with E-state index in [-0.39, 0.29) is 25.0 Å². The van der Waals surface area contributed by atoms with Crippen LogP contribution in [-0.4, -0.2) is 23.4 Å². The minimum Gasteiger partial charge on any atom is -0.396 e. The number of hydrogen-bond donors (Lipinski definition) is 2. The molecule has 0 saturated heterocycles. The van der Waals surface area contributed by atoms with Crippen LogP contribution in [-0.2, 0) is 0 Å². The van der Waals surface area contributed by atoms with Crippen molar-refractivity contribution in [3.8, 4) is 0 Å². The summed E-state index contributed by atoms with van der Waals surface area (Å²) in [6, 6.07) is 0. The third-order valence-corrected chi connectivity index (χ3v) is 2.14. The van der Waals surface area contributed by atoms with Crippen LogP contribution in [0.2, 0.25) is 0 Å². The molecule has 0 bridgehead atoms. The van der Waals surface area contributed by atoms with Gasteiger partial charge < -0.3 is 10.2 Å². The molecule has 0 fully saturated rings. The van der Waals surface area contributed by atoms with Gasteiger partial charge in [0.2, 0.25) is 0 Å². The summed E-state index contributed by atoms with van der Waals surface area (Å²) in [5.41, 5.74) is 0. The zero-order valence-electron chi connectivity index (χ0n) is 6.03.